The quantitative estimate of drug-likeness (QED) is 0.602. The third-order valence-electron chi connectivity index (χ3n) is 2.30. The highest BCUT2D eigenvalue weighted by Gasteiger charge is 2.08. The number of benzene rings is 1. The van der Waals surface area contributed by atoms with Crippen molar-refractivity contribution in [3.8, 4) is 11.4 Å². The van der Waals surface area contributed by atoms with Crippen LogP contribution in [0.3, 0.4) is 0 Å². The van der Waals surface area contributed by atoms with Crippen LogP contribution in [-0.2, 0) is 4.74 Å². The third-order valence-corrected chi connectivity index (χ3v) is 3.54. The molecule has 0 fully saturated rings. The third kappa shape index (κ3) is 4.64. The normalized spacial score (nSPS) is 10.9. The molecule has 0 saturated carbocycles. The predicted molar refractivity (Wildman–Crippen MR) is 80.5 cm³/mol. The first-order chi connectivity index (χ1) is 9.69. The molecular formula is C12H13Cl2N3O2S. The summed E-state index contributed by atoms with van der Waals surface area (Å²) in [5.41, 5.74) is 0.790. The number of nitrogens with one attached hydrogen (secondary N) is 1. The Morgan fingerprint density at radius 2 is 1.95 bits per heavy atom. The number of halogens is 2. The van der Waals surface area contributed by atoms with Gasteiger partial charge in [0, 0.05) is 21.4 Å². The lowest BCUT2D eigenvalue weighted by atomic mass is 10.2. The second-order valence-corrected chi connectivity index (χ2v) is 5.74. The van der Waals surface area contributed by atoms with Crippen LogP contribution in [0, 0.1) is 0 Å². The summed E-state index contributed by atoms with van der Waals surface area (Å²) < 4.78 is 5.16. The number of thioether (sulfide) groups is 1. The summed E-state index contributed by atoms with van der Waals surface area (Å²) in [5.74, 6) is 1.33. The summed E-state index contributed by atoms with van der Waals surface area (Å²) in [6.45, 7) is 0.921. The average Bonchev–Trinajstić information content (AvgIpc) is 2.86. The van der Waals surface area contributed by atoms with Crippen molar-refractivity contribution in [1.82, 2.24) is 15.2 Å². The van der Waals surface area contributed by atoms with Gasteiger partial charge in [0.25, 0.3) is 0 Å². The summed E-state index contributed by atoms with van der Waals surface area (Å²) in [6, 6.07) is 5.21. The number of H-pyrrole nitrogens is 1. The molecule has 0 aliphatic heterocycles. The molecule has 0 aliphatic rings. The van der Waals surface area contributed by atoms with Gasteiger partial charge in [-0.3, -0.25) is 5.10 Å². The van der Waals surface area contributed by atoms with Gasteiger partial charge in [-0.05, 0) is 18.2 Å². The molecule has 0 amide bonds. The Balaban J connectivity index is 1.94. The molecule has 108 valence electrons. The molecule has 5 nitrogen and oxygen atoms in total. The molecule has 1 heterocycles. The molecule has 0 radical (unpaired) electrons. The first kappa shape index (κ1) is 15.6. The molecule has 1 aromatic heterocycles. The topological polar surface area (TPSA) is 71.0 Å². The van der Waals surface area contributed by atoms with Crippen LogP contribution in [0.15, 0.2) is 23.4 Å². The van der Waals surface area contributed by atoms with Gasteiger partial charge in [-0.1, -0.05) is 35.0 Å². The van der Waals surface area contributed by atoms with Crippen molar-refractivity contribution in [2.24, 2.45) is 0 Å². The summed E-state index contributed by atoms with van der Waals surface area (Å²) in [6.07, 6.45) is 0. The van der Waals surface area contributed by atoms with Crippen molar-refractivity contribution in [3.63, 3.8) is 0 Å². The van der Waals surface area contributed by atoms with Gasteiger partial charge in [-0.2, -0.15) is 0 Å². The van der Waals surface area contributed by atoms with E-state index >= 15 is 0 Å². The molecule has 0 aliphatic carbocycles. The molecule has 8 heteroatoms. The van der Waals surface area contributed by atoms with Gasteiger partial charge in [0.2, 0.25) is 5.16 Å². The van der Waals surface area contributed by atoms with Gasteiger partial charge in [-0.25, -0.2) is 4.98 Å². The number of nitrogens with zero attached hydrogens (tertiary/aromatic N) is 2. The number of hydrogen-bond acceptors (Lipinski definition) is 5. The Hall–Kier alpha value is -0.790. The molecule has 2 N–H and O–H groups in total. The number of aromatic nitrogens is 3. The van der Waals surface area contributed by atoms with E-state index in [4.69, 9.17) is 33.0 Å². The summed E-state index contributed by atoms with van der Waals surface area (Å²) in [4.78, 5) is 4.35. The van der Waals surface area contributed by atoms with Crippen molar-refractivity contribution in [1.29, 1.82) is 0 Å². The maximum Gasteiger partial charge on any atom is 0.208 e. The molecule has 0 atom stereocenters. The van der Waals surface area contributed by atoms with Crippen LogP contribution in [-0.4, -0.2) is 45.9 Å². The fourth-order valence-corrected chi connectivity index (χ4v) is 2.66. The zero-order valence-electron chi connectivity index (χ0n) is 10.5. The Morgan fingerprint density at radius 3 is 2.65 bits per heavy atom. The maximum absolute atomic E-state index is 8.57. The van der Waals surface area contributed by atoms with Gasteiger partial charge in [0.1, 0.15) is 0 Å². The van der Waals surface area contributed by atoms with E-state index in [0.29, 0.717) is 40.0 Å². The predicted octanol–water partition coefficient (Wildman–Crippen LogP) is 2.88. The van der Waals surface area contributed by atoms with Gasteiger partial charge in [0.15, 0.2) is 5.82 Å². The highest BCUT2D eigenvalue weighted by molar-refractivity contribution is 7.99. The zero-order chi connectivity index (χ0) is 14.4. The highest BCUT2D eigenvalue weighted by Crippen LogP contribution is 2.26. The minimum Gasteiger partial charge on any atom is -0.394 e. The van der Waals surface area contributed by atoms with E-state index in [1.54, 1.807) is 18.2 Å². The van der Waals surface area contributed by atoms with Crippen LogP contribution in [0.25, 0.3) is 11.4 Å². The van der Waals surface area contributed by atoms with E-state index in [1.807, 2.05) is 0 Å². The number of aromatic amines is 1. The van der Waals surface area contributed by atoms with E-state index in [2.05, 4.69) is 15.2 Å². The lowest BCUT2D eigenvalue weighted by molar-refractivity contribution is 0.103. The Kier molecular flexibility index (Phi) is 6.12. The second-order valence-electron chi connectivity index (χ2n) is 3.81. The zero-order valence-corrected chi connectivity index (χ0v) is 12.8. The van der Waals surface area contributed by atoms with Crippen molar-refractivity contribution in [3.05, 3.63) is 28.2 Å². The Labute approximate surface area is 130 Å². The molecule has 0 bridgehead atoms. The molecule has 2 rings (SSSR count). The molecule has 1 aromatic carbocycles. The standard InChI is InChI=1S/C12H13Cl2N3O2S/c13-9-5-8(6-10(14)7-9)11-15-12(17-16-11)20-4-3-19-2-1-18/h5-7,18H,1-4H2,(H,15,16,17). The van der Waals surface area contributed by atoms with Crippen molar-refractivity contribution in [2.45, 2.75) is 5.16 Å². The Morgan fingerprint density at radius 1 is 1.20 bits per heavy atom. The minimum absolute atomic E-state index is 0.0327. The van der Waals surface area contributed by atoms with Crippen LogP contribution >= 0.6 is 35.0 Å². The summed E-state index contributed by atoms with van der Waals surface area (Å²) in [5, 5.41) is 17.3. The summed E-state index contributed by atoms with van der Waals surface area (Å²) >= 11 is 13.4. The summed E-state index contributed by atoms with van der Waals surface area (Å²) in [7, 11) is 0. The average molecular weight is 334 g/mol. The van der Waals surface area contributed by atoms with Crippen LogP contribution < -0.4 is 0 Å². The van der Waals surface area contributed by atoms with E-state index in [1.165, 1.54) is 11.8 Å². The van der Waals surface area contributed by atoms with Crippen LogP contribution in [0.1, 0.15) is 0 Å². The maximum atomic E-state index is 8.57. The molecule has 0 unspecified atom stereocenters. The largest absolute Gasteiger partial charge is 0.394 e. The van der Waals surface area contributed by atoms with E-state index in [0.717, 1.165) is 5.56 Å². The monoisotopic (exact) mass is 333 g/mol. The van der Waals surface area contributed by atoms with E-state index < -0.39 is 0 Å². The van der Waals surface area contributed by atoms with Crippen molar-refractivity contribution >= 4 is 35.0 Å². The SMILES string of the molecule is OCCOCCSc1n[nH]c(-c2cc(Cl)cc(Cl)c2)n1. The first-order valence-corrected chi connectivity index (χ1v) is 7.63. The molecule has 0 spiro atoms. The van der Waals surface area contributed by atoms with E-state index in [-0.39, 0.29) is 6.61 Å². The highest BCUT2D eigenvalue weighted by atomic mass is 35.5. The van der Waals surface area contributed by atoms with Crippen LogP contribution in [0.2, 0.25) is 10.0 Å². The lowest BCUT2D eigenvalue weighted by Crippen LogP contribution is -2.02. The van der Waals surface area contributed by atoms with Crippen LogP contribution in [0.5, 0.6) is 0 Å². The first-order valence-electron chi connectivity index (χ1n) is 5.89. The van der Waals surface area contributed by atoms with Crippen molar-refractivity contribution < 1.29 is 9.84 Å². The number of hydrogen-bond donors (Lipinski definition) is 2. The smallest absolute Gasteiger partial charge is 0.208 e. The number of aliphatic hydroxyl groups is 1. The van der Waals surface area contributed by atoms with E-state index in [9.17, 15) is 0 Å². The molecular weight excluding hydrogens is 321 g/mol. The fraction of sp³-hybridized carbons (Fsp3) is 0.333. The number of rotatable bonds is 7. The van der Waals surface area contributed by atoms with Gasteiger partial charge in [0.05, 0.1) is 19.8 Å². The molecule has 2 aromatic rings. The van der Waals surface area contributed by atoms with Crippen molar-refractivity contribution in [2.75, 3.05) is 25.6 Å². The van der Waals surface area contributed by atoms with Gasteiger partial charge >= 0.3 is 0 Å². The molecule has 0 saturated heterocycles. The lowest BCUT2D eigenvalue weighted by Gasteiger charge is -1.99. The van der Waals surface area contributed by atoms with Gasteiger partial charge in [-0.15, -0.1) is 5.10 Å². The minimum atomic E-state index is 0.0327. The number of aliphatic hydroxyl groups excluding tert-OH is 1. The van der Waals surface area contributed by atoms with Crippen LogP contribution in [0.4, 0.5) is 0 Å². The fourth-order valence-electron chi connectivity index (χ4n) is 1.49. The second kappa shape index (κ2) is 7.85. The van der Waals surface area contributed by atoms with Gasteiger partial charge < -0.3 is 9.84 Å². The number of ether oxygens (including phenoxy) is 1. The Bertz CT molecular complexity index is 545. The molecule has 20 heavy (non-hydrogen) atoms.